The molecule has 0 bridgehead atoms. The van der Waals surface area contributed by atoms with Gasteiger partial charge in [0.15, 0.2) is 5.78 Å². The number of hydrogen-bond donors (Lipinski definition) is 0. The fourth-order valence-corrected chi connectivity index (χ4v) is 3.30. The van der Waals surface area contributed by atoms with Crippen LogP contribution in [0.5, 0.6) is 0 Å². The largest absolute Gasteiger partial charge is 0.305 e. The first kappa shape index (κ1) is 13.8. The minimum absolute atomic E-state index is 0.282. The predicted octanol–water partition coefficient (Wildman–Crippen LogP) is 2.00. The SMILES string of the molecule is CN1CCCN(CC(=O)c2ccc3c(c2)CCC3)CC1. The highest BCUT2D eigenvalue weighted by molar-refractivity contribution is 5.97. The number of rotatable bonds is 3. The van der Waals surface area contributed by atoms with E-state index in [2.05, 4.69) is 29.0 Å². The molecule has 1 aromatic rings. The molecule has 1 fully saturated rings. The average Bonchev–Trinajstić information content (AvgIpc) is 2.82. The Morgan fingerprint density at radius 1 is 1.05 bits per heavy atom. The zero-order valence-electron chi connectivity index (χ0n) is 12.4. The molecule has 3 heteroatoms. The molecule has 0 aromatic heterocycles. The van der Waals surface area contributed by atoms with Crippen molar-refractivity contribution >= 4 is 5.78 Å². The number of likely N-dealkylation sites (N-methyl/N-ethyl adjacent to an activating group) is 1. The lowest BCUT2D eigenvalue weighted by molar-refractivity contribution is 0.0933. The maximum atomic E-state index is 12.5. The van der Waals surface area contributed by atoms with Crippen molar-refractivity contribution in [1.82, 2.24) is 9.80 Å². The predicted molar refractivity (Wildman–Crippen MR) is 81.4 cm³/mol. The van der Waals surface area contributed by atoms with Gasteiger partial charge in [-0.15, -0.1) is 0 Å². The molecule has 0 saturated carbocycles. The topological polar surface area (TPSA) is 23.6 Å². The van der Waals surface area contributed by atoms with Crippen LogP contribution in [-0.2, 0) is 12.8 Å². The van der Waals surface area contributed by atoms with Crippen LogP contribution in [0.1, 0.15) is 34.3 Å². The van der Waals surface area contributed by atoms with Crippen LogP contribution in [0.15, 0.2) is 18.2 Å². The zero-order valence-corrected chi connectivity index (χ0v) is 12.4. The molecular weight excluding hydrogens is 248 g/mol. The molecule has 1 aliphatic carbocycles. The van der Waals surface area contributed by atoms with Crippen molar-refractivity contribution in [3.63, 3.8) is 0 Å². The molecule has 1 aliphatic heterocycles. The van der Waals surface area contributed by atoms with Crippen molar-refractivity contribution in [3.05, 3.63) is 34.9 Å². The molecule has 0 amide bonds. The molecule has 0 radical (unpaired) electrons. The fraction of sp³-hybridized carbons (Fsp3) is 0.588. The summed E-state index contributed by atoms with van der Waals surface area (Å²) in [6.07, 6.45) is 4.73. The van der Waals surface area contributed by atoms with E-state index in [1.165, 1.54) is 24.0 Å². The molecule has 1 aromatic carbocycles. The summed E-state index contributed by atoms with van der Waals surface area (Å²) in [5.74, 6) is 0.282. The third-order valence-electron chi connectivity index (χ3n) is 4.60. The average molecular weight is 272 g/mol. The van der Waals surface area contributed by atoms with E-state index < -0.39 is 0 Å². The quantitative estimate of drug-likeness (QED) is 0.786. The summed E-state index contributed by atoms with van der Waals surface area (Å²) >= 11 is 0. The summed E-state index contributed by atoms with van der Waals surface area (Å²) in [5.41, 5.74) is 3.74. The molecule has 0 spiro atoms. The van der Waals surface area contributed by atoms with Gasteiger partial charge in [0.2, 0.25) is 0 Å². The van der Waals surface area contributed by atoms with Gasteiger partial charge >= 0.3 is 0 Å². The maximum absolute atomic E-state index is 12.5. The summed E-state index contributed by atoms with van der Waals surface area (Å²) in [4.78, 5) is 17.1. The van der Waals surface area contributed by atoms with Crippen LogP contribution in [0.25, 0.3) is 0 Å². The van der Waals surface area contributed by atoms with E-state index in [0.717, 1.165) is 44.6 Å². The van der Waals surface area contributed by atoms with E-state index in [-0.39, 0.29) is 5.78 Å². The fourth-order valence-electron chi connectivity index (χ4n) is 3.30. The number of benzene rings is 1. The Balaban J connectivity index is 1.64. The molecule has 1 saturated heterocycles. The van der Waals surface area contributed by atoms with Gasteiger partial charge in [0.25, 0.3) is 0 Å². The van der Waals surface area contributed by atoms with Gasteiger partial charge in [-0.25, -0.2) is 0 Å². The highest BCUT2D eigenvalue weighted by Gasteiger charge is 2.18. The first-order valence-electron chi connectivity index (χ1n) is 7.78. The second kappa shape index (κ2) is 6.06. The second-order valence-corrected chi connectivity index (χ2v) is 6.19. The number of hydrogen-bond acceptors (Lipinski definition) is 3. The molecular formula is C17H24N2O. The summed E-state index contributed by atoms with van der Waals surface area (Å²) < 4.78 is 0. The van der Waals surface area contributed by atoms with Crippen LogP contribution in [0.3, 0.4) is 0 Å². The summed E-state index contributed by atoms with van der Waals surface area (Å²) in [6, 6.07) is 6.32. The van der Waals surface area contributed by atoms with Crippen molar-refractivity contribution < 1.29 is 4.79 Å². The molecule has 20 heavy (non-hydrogen) atoms. The second-order valence-electron chi connectivity index (χ2n) is 6.19. The van der Waals surface area contributed by atoms with Gasteiger partial charge in [-0.2, -0.15) is 0 Å². The number of carbonyl (C=O) groups excluding carboxylic acids is 1. The Bertz CT molecular complexity index is 498. The smallest absolute Gasteiger partial charge is 0.176 e. The van der Waals surface area contributed by atoms with Crippen molar-refractivity contribution in [2.75, 3.05) is 39.8 Å². The Morgan fingerprint density at radius 3 is 2.80 bits per heavy atom. The minimum Gasteiger partial charge on any atom is -0.305 e. The number of carbonyl (C=O) groups is 1. The van der Waals surface area contributed by atoms with Gasteiger partial charge in [-0.05, 0) is 63.0 Å². The van der Waals surface area contributed by atoms with Crippen LogP contribution in [0, 0.1) is 0 Å². The van der Waals surface area contributed by atoms with Crippen molar-refractivity contribution in [2.45, 2.75) is 25.7 Å². The number of aryl methyl sites for hydroxylation is 2. The van der Waals surface area contributed by atoms with Crippen LogP contribution in [-0.4, -0.2) is 55.4 Å². The Labute approximate surface area is 121 Å². The first-order valence-corrected chi connectivity index (χ1v) is 7.78. The third-order valence-corrected chi connectivity index (χ3v) is 4.60. The molecule has 0 atom stereocenters. The van der Waals surface area contributed by atoms with Crippen LogP contribution in [0.4, 0.5) is 0 Å². The number of fused-ring (bicyclic) bond motifs is 1. The molecule has 0 unspecified atom stereocenters. The van der Waals surface area contributed by atoms with E-state index in [1.54, 1.807) is 0 Å². The van der Waals surface area contributed by atoms with Gasteiger partial charge in [0, 0.05) is 18.7 Å². The zero-order chi connectivity index (χ0) is 13.9. The molecule has 108 valence electrons. The lowest BCUT2D eigenvalue weighted by Crippen LogP contribution is -2.33. The standard InChI is InChI=1S/C17H24N2O/c1-18-8-3-9-19(11-10-18)13-17(20)16-7-6-14-4-2-5-15(14)12-16/h6-7,12H,2-5,8-11,13H2,1H3. The van der Waals surface area contributed by atoms with E-state index in [0.29, 0.717) is 6.54 Å². The molecule has 1 heterocycles. The molecule has 3 rings (SSSR count). The van der Waals surface area contributed by atoms with Gasteiger partial charge in [0.05, 0.1) is 6.54 Å². The Kier molecular flexibility index (Phi) is 4.18. The highest BCUT2D eigenvalue weighted by atomic mass is 16.1. The normalized spacial score (nSPS) is 20.6. The van der Waals surface area contributed by atoms with E-state index in [4.69, 9.17) is 0 Å². The molecule has 2 aliphatic rings. The number of ketones is 1. The Morgan fingerprint density at radius 2 is 1.90 bits per heavy atom. The van der Waals surface area contributed by atoms with Gasteiger partial charge in [0.1, 0.15) is 0 Å². The summed E-state index contributed by atoms with van der Waals surface area (Å²) in [6.45, 7) is 4.84. The number of nitrogens with zero attached hydrogens (tertiary/aromatic N) is 2. The third kappa shape index (κ3) is 3.10. The van der Waals surface area contributed by atoms with Crippen LogP contribution in [0.2, 0.25) is 0 Å². The Hall–Kier alpha value is -1.19. The summed E-state index contributed by atoms with van der Waals surface area (Å²) in [7, 11) is 2.16. The van der Waals surface area contributed by atoms with E-state index >= 15 is 0 Å². The first-order chi connectivity index (χ1) is 9.72. The van der Waals surface area contributed by atoms with Crippen molar-refractivity contribution in [2.24, 2.45) is 0 Å². The lowest BCUT2D eigenvalue weighted by atomic mass is 10.0. The monoisotopic (exact) mass is 272 g/mol. The maximum Gasteiger partial charge on any atom is 0.176 e. The summed E-state index contributed by atoms with van der Waals surface area (Å²) in [5, 5.41) is 0. The van der Waals surface area contributed by atoms with E-state index in [9.17, 15) is 4.79 Å². The van der Waals surface area contributed by atoms with Crippen molar-refractivity contribution in [1.29, 1.82) is 0 Å². The van der Waals surface area contributed by atoms with Gasteiger partial charge < -0.3 is 4.90 Å². The molecule has 0 N–H and O–H groups in total. The molecule has 3 nitrogen and oxygen atoms in total. The van der Waals surface area contributed by atoms with Gasteiger partial charge in [-0.1, -0.05) is 12.1 Å². The number of Topliss-reactive ketones (excluding diaryl/α,β-unsaturated/α-hetero) is 1. The highest BCUT2D eigenvalue weighted by Crippen LogP contribution is 2.23. The minimum atomic E-state index is 0.282. The van der Waals surface area contributed by atoms with Crippen LogP contribution < -0.4 is 0 Å². The van der Waals surface area contributed by atoms with E-state index in [1.807, 2.05) is 6.07 Å². The lowest BCUT2D eigenvalue weighted by Gasteiger charge is -2.19. The van der Waals surface area contributed by atoms with Crippen molar-refractivity contribution in [3.8, 4) is 0 Å². The van der Waals surface area contributed by atoms with Crippen LogP contribution >= 0.6 is 0 Å². The van der Waals surface area contributed by atoms with Gasteiger partial charge in [-0.3, -0.25) is 9.69 Å².